The molecule has 0 aliphatic carbocycles. The van der Waals surface area contributed by atoms with E-state index >= 15 is 0 Å². The quantitative estimate of drug-likeness (QED) is 0.422. The molecule has 2 aliphatic heterocycles. The van der Waals surface area contributed by atoms with Crippen LogP contribution in [0.15, 0.2) is 23.2 Å². The second kappa shape index (κ2) is 9.87. The largest absolute Gasteiger partial charge is 0.372 e. The van der Waals surface area contributed by atoms with E-state index in [1.165, 1.54) is 28.9 Å². The first-order valence-corrected chi connectivity index (χ1v) is 9.68. The minimum absolute atomic E-state index is 0. The minimum atomic E-state index is 0. The third-order valence-electron chi connectivity index (χ3n) is 4.43. The third kappa shape index (κ3) is 5.02. The van der Waals surface area contributed by atoms with E-state index in [1.807, 2.05) is 0 Å². The number of rotatable bonds is 4. The van der Waals surface area contributed by atoms with Crippen molar-refractivity contribution < 1.29 is 4.74 Å². The molecule has 1 atom stereocenters. The van der Waals surface area contributed by atoms with Crippen LogP contribution in [0.3, 0.4) is 0 Å². The molecule has 2 heterocycles. The van der Waals surface area contributed by atoms with Gasteiger partial charge in [0, 0.05) is 30.6 Å². The van der Waals surface area contributed by atoms with Crippen LogP contribution in [0.2, 0.25) is 0 Å². The van der Waals surface area contributed by atoms with E-state index in [-0.39, 0.29) is 24.0 Å². The number of hydrogen-bond donors (Lipinski definition) is 1. The molecule has 1 aromatic rings. The topological polar surface area (TPSA) is 36.9 Å². The fourth-order valence-electron chi connectivity index (χ4n) is 3.07. The average Bonchev–Trinajstić information content (AvgIpc) is 3.06. The molecule has 6 heteroatoms. The standard InChI is InChI=1S/C18H27N3OS.HI/c1-3-17-11-21(7-8-23-17)18(19-4-2)20-10-14-5-6-15-12-22-13-16(15)9-14;/h5-6,9,17H,3-4,7-8,10-13H2,1-2H3,(H,19,20);1H. The average molecular weight is 461 g/mol. The van der Waals surface area contributed by atoms with Crippen LogP contribution in [0.5, 0.6) is 0 Å². The smallest absolute Gasteiger partial charge is 0.194 e. The maximum Gasteiger partial charge on any atom is 0.194 e. The summed E-state index contributed by atoms with van der Waals surface area (Å²) in [6, 6.07) is 6.61. The zero-order valence-corrected chi connectivity index (χ0v) is 17.7. The molecule has 0 radical (unpaired) electrons. The predicted molar refractivity (Wildman–Crippen MR) is 113 cm³/mol. The fourth-order valence-corrected chi connectivity index (χ4v) is 4.25. The van der Waals surface area contributed by atoms with Gasteiger partial charge in [-0.1, -0.05) is 25.1 Å². The Hall–Kier alpha value is -0.470. The lowest BCUT2D eigenvalue weighted by Crippen LogP contribution is -2.48. The maximum atomic E-state index is 5.49. The van der Waals surface area contributed by atoms with E-state index in [0.29, 0.717) is 0 Å². The van der Waals surface area contributed by atoms with Crippen molar-refractivity contribution in [3.8, 4) is 0 Å². The van der Waals surface area contributed by atoms with Crippen LogP contribution in [-0.4, -0.2) is 41.5 Å². The molecule has 134 valence electrons. The highest BCUT2D eigenvalue weighted by molar-refractivity contribution is 14.0. The lowest BCUT2D eigenvalue weighted by atomic mass is 10.1. The number of benzene rings is 1. The van der Waals surface area contributed by atoms with E-state index < -0.39 is 0 Å². The number of guanidine groups is 1. The molecular weight excluding hydrogens is 433 g/mol. The van der Waals surface area contributed by atoms with Crippen LogP contribution in [0.1, 0.15) is 37.0 Å². The highest BCUT2D eigenvalue weighted by Crippen LogP contribution is 2.22. The summed E-state index contributed by atoms with van der Waals surface area (Å²) >= 11 is 2.09. The van der Waals surface area contributed by atoms with E-state index in [0.717, 1.165) is 50.6 Å². The third-order valence-corrected chi connectivity index (χ3v) is 5.80. The van der Waals surface area contributed by atoms with Gasteiger partial charge in [0.15, 0.2) is 5.96 Å². The van der Waals surface area contributed by atoms with Crippen molar-refractivity contribution in [3.05, 3.63) is 34.9 Å². The number of hydrogen-bond acceptors (Lipinski definition) is 3. The molecule has 1 saturated heterocycles. The van der Waals surface area contributed by atoms with E-state index in [1.54, 1.807) is 0 Å². The highest BCUT2D eigenvalue weighted by atomic mass is 127. The molecule has 1 N–H and O–H groups in total. The van der Waals surface area contributed by atoms with Crippen molar-refractivity contribution in [2.75, 3.05) is 25.4 Å². The van der Waals surface area contributed by atoms with Crippen LogP contribution in [0.4, 0.5) is 0 Å². The predicted octanol–water partition coefficient (Wildman–Crippen LogP) is 3.63. The molecule has 0 amide bonds. The molecule has 2 aliphatic rings. The van der Waals surface area contributed by atoms with Crippen molar-refractivity contribution in [1.29, 1.82) is 0 Å². The number of fused-ring (bicyclic) bond motifs is 1. The summed E-state index contributed by atoms with van der Waals surface area (Å²) in [4.78, 5) is 7.30. The summed E-state index contributed by atoms with van der Waals surface area (Å²) in [6.45, 7) is 9.75. The Morgan fingerprint density at radius 1 is 1.33 bits per heavy atom. The van der Waals surface area contributed by atoms with Gasteiger partial charge in [-0.2, -0.15) is 11.8 Å². The zero-order chi connectivity index (χ0) is 16.1. The van der Waals surface area contributed by atoms with Gasteiger partial charge in [0.1, 0.15) is 0 Å². The van der Waals surface area contributed by atoms with Crippen LogP contribution < -0.4 is 5.32 Å². The lowest BCUT2D eigenvalue weighted by molar-refractivity contribution is 0.134. The van der Waals surface area contributed by atoms with Crippen LogP contribution in [0, 0.1) is 0 Å². The summed E-state index contributed by atoms with van der Waals surface area (Å²) in [7, 11) is 0. The molecule has 4 nitrogen and oxygen atoms in total. The lowest BCUT2D eigenvalue weighted by Gasteiger charge is -2.34. The molecular formula is C18H28IN3OS. The molecule has 3 rings (SSSR count). The van der Waals surface area contributed by atoms with Gasteiger partial charge in [-0.25, -0.2) is 4.99 Å². The normalized spacial score (nSPS) is 20.5. The van der Waals surface area contributed by atoms with Gasteiger partial charge < -0.3 is 15.0 Å². The number of ether oxygens (including phenoxy) is 1. The Labute approximate surface area is 166 Å². The van der Waals surface area contributed by atoms with E-state index in [4.69, 9.17) is 9.73 Å². The second-order valence-electron chi connectivity index (χ2n) is 6.11. The summed E-state index contributed by atoms with van der Waals surface area (Å²) in [6.07, 6.45) is 1.23. The number of nitrogens with zero attached hydrogens (tertiary/aromatic N) is 2. The number of nitrogens with one attached hydrogen (secondary N) is 1. The minimum Gasteiger partial charge on any atom is -0.372 e. The van der Waals surface area contributed by atoms with Crippen LogP contribution in [-0.2, 0) is 24.5 Å². The van der Waals surface area contributed by atoms with Gasteiger partial charge in [0.05, 0.1) is 19.8 Å². The molecule has 0 bridgehead atoms. The van der Waals surface area contributed by atoms with Gasteiger partial charge in [0.25, 0.3) is 0 Å². The van der Waals surface area contributed by atoms with E-state index in [2.05, 4.69) is 54.0 Å². The molecule has 0 aromatic heterocycles. The molecule has 1 fully saturated rings. The van der Waals surface area contributed by atoms with E-state index in [9.17, 15) is 0 Å². The Bertz CT molecular complexity index is 567. The molecule has 1 aromatic carbocycles. The number of thioether (sulfide) groups is 1. The first-order chi connectivity index (χ1) is 11.3. The van der Waals surface area contributed by atoms with Gasteiger partial charge in [-0.05, 0) is 30.0 Å². The van der Waals surface area contributed by atoms with Crippen molar-refractivity contribution in [2.24, 2.45) is 4.99 Å². The first kappa shape index (κ1) is 19.8. The maximum absolute atomic E-state index is 5.49. The monoisotopic (exact) mass is 461 g/mol. The SMILES string of the molecule is CCNC(=NCc1ccc2c(c1)COC2)N1CCSC(CC)C1.I. The molecule has 0 saturated carbocycles. The van der Waals surface area contributed by atoms with Crippen molar-refractivity contribution >= 4 is 41.7 Å². The summed E-state index contributed by atoms with van der Waals surface area (Å²) in [5, 5.41) is 4.19. The summed E-state index contributed by atoms with van der Waals surface area (Å²) in [5.74, 6) is 2.25. The Morgan fingerprint density at radius 3 is 2.96 bits per heavy atom. The first-order valence-electron chi connectivity index (χ1n) is 8.63. The van der Waals surface area contributed by atoms with Crippen LogP contribution >= 0.6 is 35.7 Å². The second-order valence-corrected chi connectivity index (χ2v) is 7.52. The summed E-state index contributed by atoms with van der Waals surface area (Å²) < 4.78 is 5.49. The van der Waals surface area contributed by atoms with Crippen molar-refractivity contribution in [1.82, 2.24) is 10.2 Å². The fraction of sp³-hybridized carbons (Fsp3) is 0.611. The highest BCUT2D eigenvalue weighted by Gasteiger charge is 2.21. The zero-order valence-electron chi connectivity index (χ0n) is 14.6. The van der Waals surface area contributed by atoms with Gasteiger partial charge in [-0.15, -0.1) is 24.0 Å². The van der Waals surface area contributed by atoms with Gasteiger partial charge in [0.2, 0.25) is 0 Å². The van der Waals surface area contributed by atoms with Gasteiger partial charge in [-0.3, -0.25) is 0 Å². The molecule has 0 spiro atoms. The van der Waals surface area contributed by atoms with Crippen molar-refractivity contribution in [3.63, 3.8) is 0 Å². The van der Waals surface area contributed by atoms with Crippen molar-refractivity contribution in [2.45, 2.75) is 45.3 Å². The van der Waals surface area contributed by atoms with Gasteiger partial charge >= 0.3 is 0 Å². The number of aliphatic imine (C=N–C) groups is 1. The molecule has 24 heavy (non-hydrogen) atoms. The van der Waals surface area contributed by atoms with Crippen LogP contribution in [0.25, 0.3) is 0 Å². The summed E-state index contributed by atoms with van der Waals surface area (Å²) in [5.41, 5.74) is 3.91. The molecule has 1 unspecified atom stereocenters. The number of halogens is 1. The Morgan fingerprint density at radius 2 is 2.17 bits per heavy atom. The Balaban J connectivity index is 0.00000208. The Kier molecular flexibility index (Phi) is 8.16.